The van der Waals surface area contributed by atoms with Crippen LogP contribution < -0.4 is 10.2 Å². The number of hydrogen-bond acceptors (Lipinski definition) is 6. The molecule has 0 spiro atoms. The fourth-order valence-corrected chi connectivity index (χ4v) is 7.17. The Kier molecular flexibility index (Phi) is 6.69. The molecule has 3 aromatic rings. The molecule has 0 aliphatic carbocycles. The molecule has 34 heavy (non-hydrogen) atoms. The van der Waals surface area contributed by atoms with Crippen molar-refractivity contribution >= 4 is 33.0 Å². The van der Waals surface area contributed by atoms with Crippen molar-refractivity contribution in [2.45, 2.75) is 23.7 Å². The molecule has 1 aromatic heterocycles. The molecule has 2 aromatic carbocycles. The zero-order chi connectivity index (χ0) is 23.5. The predicted octanol–water partition coefficient (Wildman–Crippen LogP) is 3.26. The Balaban J connectivity index is 1.18. The quantitative estimate of drug-likeness (QED) is 0.566. The van der Waals surface area contributed by atoms with E-state index in [-0.39, 0.29) is 12.5 Å². The van der Waals surface area contributed by atoms with Gasteiger partial charge >= 0.3 is 0 Å². The zero-order valence-electron chi connectivity index (χ0n) is 18.8. The van der Waals surface area contributed by atoms with E-state index >= 15 is 0 Å². The number of benzene rings is 2. The van der Waals surface area contributed by atoms with Crippen LogP contribution in [-0.4, -0.2) is 51.5 Å². The number of fused-ring (bicyclic) bond motifs is 1. The predicted molar refractivity (Wildman–Crippen MR) is 133 cm³/mol. The van der Waals surface area contributed by atoms with E-state index in [1.807, 2.05) is 24.3 Å². The van der Waals surface area contributed by atoms with Crippen LogP contribution in [-0.2, 0) is 34.3 Å². The number of amides is 1. The van der Waals surface area contributed by atoms with Crippen LogP contribution in [0.25, 0.3) is 0 Å². The van der Waals surface area contributed by atoms with Crippen LogP contribution in [0.5, 0.6) is 0 Å². The molecule has 2 aliphatic rings. The zero-order valence-corrected chi connectivity index (χ0v) is 20.4. The van der Waals surface area contributed by atoms with Gasteiger partial charge in [0.1, 0.15) is 4.21 Å². The van der Waals surface area contributed by atoms with Gasteiger partial charge < -0.3 is 15.0 Å². The minimum Gasteiger partial charge on any atom is -0.379 e. The van der Waals surface area contributed by atoms with Crippen molar-refractivity contribution in [1.82, 2.24) is 9.62 Å². The van der Waals surface area contributed by atoms with Gasteiger partial charge in [0.2, 0.25) is 0 Å². The Morgan fingerprint density at radius 1 is 0.941 bits per heavy atom. The lowest BCUT2D eigenvalue weighted by Gasteiger charge is -2.30. The Morgan fingerprint density at radius 2 is 1.68 bits per heavy atom. The molecule has 0 radical (unpaired) electrons. The normalized spacial score (nSPS) is 16.8. The Bertz CT molecular complexity index is 1270. The number of sulfonamides is 1. The van der Waals surface area contributed by atoms with Gasteiger partial charge in [0.15, 0.2) is 0 Å². The summed E-state index contributed by atoms with van der Waals surface area (Å²) in [6.07, 6.45) is 1.02. The SMILES string of the molecule is O=C(NCc1ccc(S(=O)(=O)N2CCOCC2)s1)c1ccc(N2CCc3ccccc3C2)cc1. The van der Waals surface area contributed by atoms with Crippen molar-refractivity contribution in [3.05, 3.63) is 82.2 Å². The van der Waals surface area contributed by atoms with E-state index in [1.165, 1.54) is 26.8 Å². The molecule has 2 aliphatic heterocycles. The first-order valence-electron chi connectivity index (χ1n) is 11.4. The molecule has 1 saturated heterocycles. The molecule has 0 saturated carbocycles. The molecule has 1 amide bonds. The van der Waals surface area contributed by atoms with Gasteiger partial charge in [0, 0.05) is 42.3 Å². The third-order valence-corrected chi connectivity index (χ3v) is 9.70. The maximum Gasteiger partial charge on any atom is 0.252 e. The van der Waals surface area contributed by atoms with Crippen molar-refractivity contribution in [2.75, 3.05) is 37.7 Å². The van der Waals surface area contributed by atoms with Crippen molar-refractivity contribution in [1.29, 1.82) is 0 Å². The summed E-state index contributed by atoms with van der Waals surface area (Å²) < 4.78 is 32.6. The first-order chi connectivity index (χ1) is 16.5. The number of thiophene rings is 1. The molecule has 7 nitrogen and oxygen atoms in total. The average Bonchev–Trinajstić information content (AvgIpc) is 3.38. The highest BCUT2D eigenvalue weighted by atomic mass is 32.2. The number of anilines is 1. The Morgan fingerprint density at radius 3 is 2.44 bits per heavy atom. The summed E-state index contributed by atoms with van der Waals surface area (Å²) in [6, 6.07) is 19.6. The summed E-state index contributed by atoms with van der Waals surface area (Å²) in [5.74, 6) is -0.179. The maximum absolute atomic E-state index is 12.8. The van der Waals surface area contributed by atoms with Gasteiger partial charge in [-0.3, -0.25) is 4.79 Å². The number of carbonyl (C=O) groups is 1. The molecule has 3 heterocycles. The fraction of sp³-hybridized carbons (Fsp3) is 0.320. The molecule has 0 atom stereocenters. The molecule has 9 heteroatoms. The van der Waals surface area contributed by atoms with Crippen LogP contribution in [0.4, 0.5) is 5.69 Å². The summed E-state index contributed by atoms with van der Waals surface area (Å²) in [6.45, 7) is 3.67. The smallest absolute Gasteiger partial charge is 0.252 e. The summed E-state index contributed by atoms with van der Waals surface area (Å²) in [5, 5.41) is 2.90. The van der Waals surface area contributed by atoms with Crippen LogP contribution in [0.15, 0.2) is 64.9 Å². The highest BCUT2D eigenvalue weighted by Crippen LogP contribution is 2.26. The van der Waals surface area contributed by atoms with E-state index in [0.29, 0.717) is 36.1 Å². The third kappa shape index (κ3) is 4.88. The van der Waals surface area contributed by atoms with Gasteiger partial charge in [-0.1, -0.05) is 24.3 Å². The van der Waals surface area contributed by atoms with Crippen LogP contribution in [0.1, 0.15) is 26.4 Å². The number of nitrogens with one attached hydrogen (secondary N) is 1. The van der Waals surface area contributed by atoms with Gasteiger partial charge in [0.05, 0.1) is 19.8 Å². The van der Waals surface area contributed by atoms with Crippen LogP contribution >= 0.6 is 11.3 Å². The molecule has 5 rings (SSSR count). The largest absolute Gasteiger partial charge is 0.379 e. The second-order valence-electron chi connectivity index (χ2n) is 8.41. The molecular weight excluding hydrogens is 470 g/mol. The van der Waals surface area contributed by atoms with Crippen LogP contribution in [0.3, 0.4) is 0 Å². The Hall–Kier alpha value is -2.72. The van der Waals surface area contributed by atoms with Crippen LogP contribution in [0.2, 0.25) is 0 Å². The average molecular weight is 498 g/mol. The number of ether oxygens (including phenoxy) is 1. The summed E-state index contributed by atoms with van der Waals surface area (Å²) in [4.78, 5) is 15.8. The number of rotatable bonds is 6. The molecule has 0 unspecified atom stereocenters. The topological polar surface area (TPSA) is 79.0 Å². The second-order valence-corrected chi connectivity index (χ2v) is 11.7. The number of hydrogen-bond donors (Lipinski definition) is 1. The molecular formula is C25H27N3O4S2. The number of morpholine rings is 1. The minimum absolute atomic E-state index is 0.179. The third-order valence-electron chi connectivity index (χ3n) is 6.25. The monoisotopic (exact) mass is 497 g/mol. The van der Waals surface area contributed by atoms with Gasteiger partial charge in [-0.05, 0) is 53.9 Å². The lowest BCUT2D eigenvalue weighted by Crippen LogP contribution is -2.40. The maximum atomic E-state index is 12.8. The van der Waals surface area contributed by atoms with Crippen molar-refractivity contribution in [2.24, 2.45) is 0 Å². The molecule has 1 fully saturated rings. The van der Waals surface area contributed by atoms with E-state index in [2.05, 4.69) is 34.5 Å². The van der Waals surface area contributed by atoms with Gasteiger partial charge in [0.25, 0.3) is 15.9 Å². The van der Waals surface area contributed by atoms with E-state index in [0.717, 1.165) is 30.1 Å². The van der Waals surface area contributed by atoms with E-state index in [9.17, 15) is 13.2 Å². The number of carbonyl (C=O) groups excluding carboxylic acids is 1. The van der Waals surface area contributed by atoms with E-state index < -0.39 is 10.0 Å². The second kappa shape index (κ2) is 9.87. The van der Waals surface area contributed by atoms with Crippen LogP contribution in [0, 0.1) is 0 Å². The van der Waals surface area contributed by atoms with E-state index in [4.69, 9.17) is 4.74 Å². The summed E-state index contributed by atoms with van der Waals surface area (Å²) in [5.41, 5.74) is 4.44. The Labute approximate surface area is 204 Å². The number of nitrogens with zero attached hydrogens (tertiary/aromatic N) is 2. The first-order valence-corrected chi connectivity index (χ1v) is 13.6. The minimum atomic E-state index is -3.51. The lowest BCUT2D eigenvalue weighted by molar-refractivity contribution is 0.0731. The fourth-order valence-electron chi connectivity index (χ4n) is 4.32. The van der Waals surface area contributed by atoms with Gasteiger partial charge in [-0.2, -0.15) is 4.31 Å². The van der Waals surface area contributed by atoms with Gasteiger partial charge in [-0.25, -0.2) is 8.42 Å². The van der Waals surface area contributed by atoms with Gasteiger partial charge in [-0.15, -0.1) is 11.3 Å². The van der Waals surface area contributed by atoms with Crippen molar-refractivity contribution in [3.63, 3.8) is 0 Å². The molecule has 1 N–H and O–H groups in total. The standard InChI is InChI=1S/C25H27N3O4S2/c29-25(26-17-23-9-10-24(33-23)34(30,31)28-13-15-32-16-14-28)20-5-7-22(8-6-20)27-12-11-19-3-1-2-4-21(19)18-27/h1-10H,11-18H2,(H,26,29). The van der Waals surface area contributed by atoms with Crippen molar-refractivity contribution in [3.8, 4) is 0 Å². The van der Waals surface area contributed by atoms with E-state index in [1.54, 1.807) is 12.1 Å². The molecule has 0 bridgehead atoms. The lowest BCUT2D eigenvalue weighted by atomic mass is 9.99. The van der Waals surface area contributed by atoms with Crippen molar-refractivity contribution < 1.29 is 17.9 Å². The highest BCUT2D eigenvalue weighted by Gasteiger charge is 2.27. The highest BCUT2D eigenvalue weighted by molar-refractivity contribution is 7.91. The summed E-state index contributed by atoms with van der Waals surface area (Å²) in [7, 11) is -3.51. The first kappa shape index (κ1) is 23.0. The molecule has 178 valence electrons. The summed E-state index contributed by atoms with van der Waals surface area (Å²) >= 11 is 1.19.